The molecule has 3 heterocycles. The molecular formula is C19H20N6O. The molecule has 7 nitrogen and oxygen atoms in total. The maximum absolute atomic E-state index is 12.5. The van der Waals surface area contributed by atoms with Crippen molar-refractivity contribution in [2.45, 2.75) is 19.8 Å². The number of rotatable bonds is 4. The van der Waals surface area contributed by atoms with Crippen LogP contribution in [-0.2, 0) is 0 Å². The fraction of sp³-hybridized carbons (Fsp3) is 0.263. The molecule has 0 radical (unpaired) electrons. The maximum Gasteiger partial charge on any atom is 0.277 e. The quantitative estimate of drug-likeness (QED) is 0.785. The molecule has 1 aliphatic heterocycles. The summed E-state index contributed by atoms with van der Waals surface area (Å²) in [7, 11) is 0. The molecule has 3 aromatic rings. The van der Waals surface area contributed by atoms with Gasteiger partial charge in [-0.1, -0.05) is 18.2 Å². The van der Waals surface area contributed by atoms with E-state index in [1.54, 1.807) is 23.0 Å². The van der Waals surface area contributed by atoms with Crippen LogP contribution >= 0.6 is 0 Å². The van der Waals surface area contributed by atoms with Crippen molar-refractivity contribution in [3.05, 3.63) is 59.9 Å². The fourth-order valence-corrected chi connectivity index (χ4v) is 3.13. The lowest BCUT2D eigenvalue weighted by Crippen LogP contribution is -2.21. The molecule has 1 saturated heterocycles. The SMILES string of the molecule is Cc1ccccc1-n1nccc1NC(=O)c1ccc(N2CCCC2)nn1. The summed E-state index contributed by atoms with van der Waals surface area (Å²) >= 11 is 0. The zero-order valence-electron chi connectivity index (χ0n) is 14.6. The van der Waals surface area contributed by atoms with E-state index in [1.165, 1.54) is 12.8 Å². The van der Waals surface area contributed by atoms with Gasteiger partial charge in [0.25, 0.3) is 5.91 Å². The molecule has 2 aromatic heterocycles. The van der Waals surface area contributed by atoms with E-state index < -0.39 is 0 Å². The minimum Gasteiger partial charge on any atom is -0.355 e. The highest BCUT2D eigenvalue weighted by molar-refractivity contribution is 6.02. The van der Waals surface area contributed by atoms with Crippen molar-refractivity contribution < 1.29 is 4.79 Å². The predicted octanol–water partition coefficient (Wildman–Crippen LogP) is 2.82. The molecule has 7 heteroatoms. The third kappa shape index (κ3) is 3.15. The van der Waals surface area contributed by atoms with Crippen LogP contribution in [0.4, 0.5) is 11.6 Å². The zero-order valence-corrected chi connectivity index (χ0v) is 14.6. The molecule has 0 aliphatic carbocycles. The topological polar surface area (TPSA) is 75.9 Å². The van der Waals surface area contributed by atoms with E-state index in [0.29, 0.717) is 5.82 Å². The van der Waals surface area contributed by atoms with Gasteiger partial charge in [-0.2, -0.15) is 5.10 Å². The smallest absolute Gasteiger partial charge is 0.277 e. The molecule has 0 saturated carbocycles. The first-order chi connectivity index (χ1) is 12.7. The van der Waals surface area contributed by atoms with Crippen molar-refractivity contribution in [2.24, 2.45) is 0 Å². The average molecular weight is 348 g/mol. The highest BCUT2D eigenvalue weighted by Gasteiger charge is 2.16. The Labute approximate surface area is 151 Å². The molecule has 26 heavy (non-hydrogen) atoms. The lowest BCUT2D eigenvalue weighted by molar-refractivity contribution is 0.102. The number of hydrogen-bond donors (Lipinski definition) is 1. The molecular weight excluding hydrogens is 328 g/mol. The number of aryl methyl sites for hydroxylation is 1. The summed E-state index contributed by atoms with van der Waals surface area (Å²) in [6, 6.07) is 13.2. The van der Waals surface area contributed by atoms with Gasteiger partial charge < -0.3 is 10.2 Å². The predicted molar refractivity (Wildman–Crippen MR) is 99.7 cm³/mol. The molecule has 0 spiro atoms. The zero-order chi connectivity index (χ0) is 17.9. The number of aromatic nitrogens is 4. The van der Waals surface area contributed by atoms with Gasteiger partial charge in [-0.25, -0.2) is 4.68 Å². The molecule has 1 amide bonds. The van der Waals surface area contributed by atoms with Gasteiger partial charge in [0, 0.05) is 19.2 Å². The van der Waals surface area contributed by atoms with E-state index in [0.717, 1.165) is 30.2 Å². The van der Waals surface area contributed by atoms with Gasteiger partial charge in [-0.05, 0) is 43.5 Å². The first-order valence-electron chi connectivity index (χ1n) is 8.72. The highest BCUT2D eigenvalue weighted by Crippen LogP contribution is 2.19. The Hall–Kier alpha value is -3.22. The third-order valence-electron chi connectivity index (χ3n) is 4.54. The standard InChI is InChI=1S/C19H20N6O/c1-14-6-2-3-7-16(14)25-17(10-11-20-25)21-19(26)15-8-9-18(23-22-15)24-12-4-5-13-24/h2-3,6-11H,4-5,12-13H2,1H3,(H,21,26). The van der Waals surface area contributed by atoms with E-state index in [1.807, 2.05) is 37.3 Å². The number of hydrogen-bond acceptors (Lipinski definition) is 5. The molecule has 1 fully saturated rings. The third-order valence-corrected chi connectivity index (χ3v) is 4.54. The van der Waals surface area contributed by atoms with E-state index >= 15 is 0 Å². The summed E-state index contributed by atoms with van der Waals surface area (Å²) in [5, 5.41) is 15.5. The summed E-state index contributed by atoms with van der Waals surface area (Å²) in [4.78, 5) is 14.7. The van der Waals surface area contributed by atoms with Gasteiger partial charge in [-0.3, -0.25) is 4.79 Å². The Morgan fingerprint density at radius 1 is 1.04 bits per heavy atom. The van der Waals surface area contributed by atoms with Crippen LogP contribution < -0.4 is 10.2 Å². The number of nitrogens with one attached hydrogen (secondary N) is 1. The first kappa shape index (κ1) is 16.3. The van der Waals surface area contributed by atoms with Gasteiger partial charge in [0.2, 0.25) is 0 Å². The number of nitrogens with zero attached hydrogens (tertiary/aromatic N) is 5. The van der Waals surface area contributed by atoms with Crippen molar-refractivity contribution >= 4 is 17.5 Å². The number of benzene rings is 1. The van der Waals surface area contributed by atoms with Gasteiger partial charge in [0.15, 0.2) is 11.5 Å². The minimum absolute atomic E-state index is 0.283. The number of amides is 1. The number of anilines is 2. The van der Waals surface area contributed by atoms with Crippen LogP contribution in [0.15, 0.2) is 48.7 Å². The van der Waals surface area contributed by atoms with Gasteiger partial charge in [0.05, 0.1) is 11.9 Å². The maximum atomic E-state index is 12.5. The van der Waals surface area contributed by atoms with Crippen LogP contribution in [0.5, 0.6) is 0 Å². The molecule has 132 valence electrons. The van der Waals surface area contributed by atoms with Crippen molar-refractivity contribution in [1.82, 2.24) is 20.0 Å². The van der Waals surface area contributed by atoms with Crippen LogP contribution in [-0.4, -0.2) is 39.0 Å². The second-order valence-corrected chi connectivity index (χ2v) is 6.34. The Morgan fingerprint density at radius 2 is 1.85 bits per heavy atom. The van der Waals surface area contributed by atoms with Crippen LogP contribution in [0.1, 0.15) is 28.9 Å². The van der Waals surface area contributed by atoms with Crippen molar-refractivity contribution in [3.8, 4) is 5.69 Å². The van der Waals surface area contributed by atoms with E-state index in [4.69, 9.17) is 0 Å². The Bertz CT molecular complexity index is 912. The Balaban J connectivity index is 1.52. The molecule has 1 N–H and O–H groups in total. The van der Waals surface area contributed by atoms with Gasteiger partial charge in [0.1, 0.15) is 5.82 Å². The molecule has 0 atom stereocenters. The monoisotopic (exact) mass is 348 g/mol. The molecule has 0 bridgehead atoms. The largest absolute Gasteiger partial charge is 0.355 e. The van der Waals surface area contributed by atoms with Crippen LogP contribution in [0, 0.1) is 6.92 Å². The lowest BCUT2D eigenvalue weighted by atomic mass is 10.2. The fourth-order valence-electron chi connectivity index (χ4n) is 3.13. The summed E-state index contributed by atoms with van der Waals surface area (Å²) in [5.41, 5.74) is 2.27. The molecule has 4 rings (SSSR count). The molecule has 1 aromatic carbocycles. The van der Waals surface area contributed by atoms with Gasteiger partial charge in [-0.15, -0.1) is 10.2 Å². The lowest BCUT2D eigenvalue weighted by Gasteiger charge is -2.15. The second-order valence-electron chi connectivity index (χ2n) is 6.34. The normalized spacial score (nSPS) is 13.8. The Morgan fingerprint density at radius 3 is 2.58 bits per heavy atom. The summed E-state index contributed by atoms with van der Waals surface area (Å²) < 4.78 is 1.71. The first-order valence-corrected chi connectivity index (χ1v) is 8.72. The van der Waals surface area contributed by atoms with E-state index in [9.17, 15) is 4.79 Å². The van der Waals surface area contributed by atoms with Crippen LogP contribution in [0.25, 0.3) is 5.69 Å². The Kier molecular flexibility index (Phi) is 4.35. The van der Waals surface area contributed by atoms with Crippen molar-refractivity contribution in [3.63, 3.8) is 0 Å². The number of para-hydroxylation sites is 1. The highest BCUT2D eigenvalue weighted by atomic mass is 16.2. The number of carbonyl (C=O) groups excluding carboxylic acids is 1. The van der Waals surface area contributed by atoms with Crippen molar-refractivity contribution in [2.75, 3.05) is 23.3 Å². The summed E-state index contributed by atoms with van der Waals surface area (Å²) in [6.45, 7) is 4.00. The second kappa shape index (κ2) is 6.95. The van der Waals surface area contributed by atoms with E-state index in [-0.39, 0.29) is 11.6 Å². The van der Waals surface area contributed by atoms with Gasteiger partial charge >= 0.3 is 0 Å². The average Bonchev–Trinajstić information content (AvgIpc) is 3.34. The van der Waals surface area contributed by atoms with Crippen LogP contribution in [0.2, 0.25) is 0 Å². The van der Waals surface area contributed by atoms with Crippen LogP contribution in [0.3, 0.4) is 0 Å². The molecule has 0 unspecified atom stereocenters. The molecule has 1 aliphatic rings. The van der Waals surface area contributed by atoms with E-state index in [2.05, 4.69) is 25.5 Å². The summed E-state index contributed by atoms with van der Waals surface area (Å²) in [5.74, 6) is 1.11. The van der Waals surface area contributed by atoms with Crippen molar-refractivity contribution in [1.29, 1.82) is 0 Å². The number of carbonyl (C=O) groups is 1. The summed E-state index contributed by atoms with van der Waals surface area (Å²) in [6.07, 6.45) is 4.00. The minimum atomic E-state index is -0.305.